The summed E-state index contributed by atoms with van der Waals surface area (Å²) < 4.78 is 5.60. The van der Waals surface area contributed by atoms with Gasteiger partial charge in [-0.15, -0.1) is 0 Å². The Morgan fingerprint density at radius 1 is 1.26 bits per heavy atom. The fourth-order valence-corrected chi connectivity index (χ4v) is 1.88. The third-order valence-corrected chi connectivity index (χ3v) is 2.99. The molecule has 0 atom stereocenters. The van der Waals surface area contributed by atoms with Crippen molar-refractivity contribution in [2.75, 3.05) is 5.32 Å². The van der Waals surface area contributed by atoms with E-state index in [0.29, 0.717) is 12.1 Å². The van der Waals surface area contributed by atoms with Crippen LogP contribution >= 0.6 is 0 Å². The van der Waals surface area contributed by atoms with Crippen molar-refractivity contribution in [1.82, 2.24) is 0 Å². The Morgan fingerprint density at radius 3 is 2.58 bits per heavy atom. The maximum absolute atomic E-state index is 10.8. The zero-order valence-corrected chi connectivity index (χ0v) is 11.1. The van der Waals surface area contributed by atoms with Crippen LogP contribution in [-0.2, 0) is 13.0 Å². The van der Waals surface area contributed by atoms with Gasteiger partial charge in [-0.25, -0.2) is 4.79 Å². The highest BCUT2D eigenvalue weighted by Gasteiger charge is 2.06. The van der Waals surface area contributed by atoms with Crippen molar-refractivity contribution in [3.8, 4) is 0 Å². The summed E-state index contributed by atoms with van der Waals surface area (Å²) in [7, 11) is 0. The maximum Gasteiger partial charge on any atom is 0.335 e. The first-order valence-electron chi connectivity index (χ1n) is 6.25. The number of furan rings is 1. The van der Waals surface area contributed by atoms with Crippen LogP contribution in [0.4, 0.5) is 5.69 Å². The van der Waals surface area contributed by atoms with Crippen molar-refractivity contribution in [2.24, 2.45) is 0 Å². The van der Waals surface area contributed by atoms with Gasteiger partial charge in [0.1, 0.15) is 11.5 Å². The highest BCUT2D eigenvalue weighted by atomic mass is 16.4. The van der Waals surface area contributed by atoms with Crippen LogP contribution < -0.4 is 5.32 Å². The van der Waals surface area contributed by atoms with E-state index in [2.05, 4.69) is 5.32 Å². The molecule has 1 heterocycles. The van der Waals surface area contributed by atoms with Crippen molar-refractivity contribution in [3.05, 3.63) is 53.0 Å². The smallest absolute Gasteiger partial charge is 0.335 e. The third-order valence-electron chi connectivity index (χ3n) is 2.99. The molecule has 100 valence electrons. The minimum atomic E-state index is -0.909. The Kier molecular flexibility index (Phi) is 3.90. The first-order chi connectivity index (χ1) is 9.10. The molecule has 1 aromatic carbocycles. The maximum atomic E-state index is 10.8. The number of hydrogen-bond donors (Lipinski definition) is 2. The van der Waals surface area contributed by atoms with E-state index in [1.54, 1.807) is 18.2 Å². The third kappa shape index (κ3) is 3.16. The summed E-state index contributed by atoms with van der Waals surface area (Å²) >= 11 is 0. The van der Waals surface area contributed by atoms with Crippen molar-refractivity contribution < 1.29 is 14.3 Å². The van der Waals surface area contributed by atoms with Crippen LogP contribution in [0.5, 0.6) is 0 Å². The van der Waals surface area contributed by atoms with E-state index in [1.807, 2.05) is 26.0 Å². The van der Waals surface area contributed by atoms with Gasteiger partial charge in [-0.1, -0.05) is 6.92 Å². The highest BCUT2D eigenvalue weighted by molar-refractivity contribution is 5.88. The van der Waals surface area contributed by atoms with Gasteiger partial charge in [-0.2, -0.15) is 0 Å². The van der Waals surface area contributed by atoms with Crippen molar-refractivity contribution in [3.63, 3.8) is 0 Å². The molecule has 2 rings (SSSR count). The van der Waals surface area contributed by atoms with Crippen molar-refractivity contribution in [2.45, 2.75) is 26.8 Å². The molecule has 0 saturated carbocycles. The first-order valence-corrected chi connectivity index (χ1v) is 6.25. The quantitative estimate of drug-likeness (QED) is 0.863. The molecule has 1 aromatic heterocycles. The van der Waals surface area contributed by atoms with Crippen LogP contribution in [0.25, 0.3) is 0 Å². The first kappa shape index (κ1) is 13.2. The number of carboxylic acid groups (broad SMARTS) is 1. The number of hydrogen-bond acceptors (Lipinski definition) is 3. The van der Waals surface area contributed by atoms with Gasteiger partial charge in [0.05, 0.1) is 12.1 Å². The summed E-state index contributed by atoms with van der Waals surface area (Å²) in [4.78, 5) is 10.8. The van der Waals surface area contributed by atoms with Gasteiger partial charge in [0.15, 0.2) is 0 Å². The molecule has 0 fully saturated rings. The number of anilines is 1. The number of benzene rings is 1. The van der Waals surface area contributed by atoms with Crippen LogP contribution in [0.2, 0.25) is 0 Å². The minimum Gasteiger partial charge on any atom is -0.478 e. The molecule has 0 radical (unpaired) electrons. The lowest BCUT2D eigenvalue weighted by Crippen LogP contribution is -2.02. The second kappa shape index (κ2) is 5.61. The Morgan fingerprint density at radius 2 is 2.00 bits per heavy atom. The van der Waals surface area contributed by atoms with Crippen molar-refractivity contribution >= 4 is 11.7 Å². The average Bonchev–Trinajstić information content (AvgIpc) is 2.85. The van der Waals surface area contributed by atoms with Gasteiger partial charge in [0.2, 0.25) is 0 Å². The van der Waals surface area contributed by atoms with Crippen LogP contribution in [0.3, 0.4) is 0 Å². The van der Waals surface area contributed by atoms with E-state index in [0.717, 1.165) is 29.2 Å². The predicted molar refractivity (Wildman–Crippen MR) is 73.6 cm³/mol. The second-order valence-electron chi connectivity index (χ2n) is 4.41. The number of carboxylic acids is 1. The molecule has 19 heavy (non-hydrogen) atoms. The molecule has 0 aliphatic rings. The zero-order chi connectivity index (χ0) is 13.8. The fourth-order valence-electron chi connectivity index (χ4n) is 1.88. The highest BCUT2D eigenvalue weighted by Crippen LogP contribution is 2.18. The summed E-state index contributed by atoms with van der Waals surface area (Å²) in [6, 6.07) is 8.95. The molecule has 0 saturated heterocycles. The largest absolute Gasteiger partial charge is 0.478 e. The second-order valence-corrected chi connectivity index (χ2v) is 4.41. The number of aromatic carboxylic acids is 1. The van der Waals surface area contributed by atoms with Crippen LogP contribution in [-0.4, -0.2) is 11.1 Å². The normalized spacial score (nSPS) is 10.4. The lowest BCUT2D eigenvalue weighted by Gasteiger charge is -2.08. The molecule has 0 unspecified atom stereocenters. The Balaban J connectivity index is 2.05. The van der Waals surface area contributed by atoms with Gasteiger partial charge in [-0.3, -0.25) is 0 Å². The van der Waals surface area contributed by atoms with E-state index in [4.69, 9.17) is 9.52 Å². The molecule has 0 bridgehead atoms. The molecule has 0 spiro atoms. The van der Waals surface area contributed by atoms with Crippen LogP contribution in [0.15, 0.2) is 34.7 Å². The average molecular weight is 259 g/mol. The number of rotatable bonds is 5. The van der Waals surface area contributed by atoms with Gasteiger partial charge >= 0.3 is 5.97 Å². The number of aryl methyl sites for hydroxylation is 2. The summed E-state index contributed by atoms with van der Waals surface area (Å²) in [5, 5.41) is 12.1. The standard InChI is InChI=1S/C15H17NO3/c1-3-12-5-6-13(19-12)9-16-14-7-4-11(15(17)18)8-10(14)2/h4-8,16H,3,9H2,1-2H3,(H,17,18). The predicted octanol–water partition coefficient (Wildman–Crippen LogP) is 3.46. The Hall–Kier alpha value is -2.23. The molecule has 0 amide bonds. The van der Waals surface area contributed by atoms with Gasteiger partial charge in [0.25, 0.3) is 0 Å². The Labute approximate surface area is 112 Å². The van der Waals surface area contributed by atoms with Crippen molar-refractivity contribution in [1.29, 1.82) is 0 Å². The van der Waals surface area contributed by atoms with Gasteiger partial charge in [0, 0.05) is 12.1 Å². The van der Waals surface area contributed by atoms with Crippen LogP contribution in [0, 0.1) is 6.92 Å². The van der Waals surface area contributed by atoms with E-state index in [9.17, 15) is 4.79 Å². The number of carbonyl (C=O) groups is 1. The summed E-state index contributed by atoms with van der Waals surface area (Å²) in [6.07, 6.45) is 0.881. The van der Waals surface area contributed by atoms with Gasteiger partial charge in [-0.05, 0) is 42.8 Å². The molecular formula is C15H17NO3. The van der Waals surface area contributed by atoms with Crippen LogP contribution in [0.1, 0.15) is 34.4 Å². The molecule has 4 nitrogen and oxygen atoms in total. The summed E-state index contributed by atoms with van der Waals surface area (Å²) in [6.45, 7) is 4.52. The lowest BCUT2D eigenvalue weighted by atomic mass is 10.1. The minimum absolute atomic E-state index is 0.300. The summed E-state index contributed by atoms with van der Waals surface area (Å²) in [5.41, 5.74) is 2.12. The molecule has 4 heteroatoms. The van der Waals surface area contributed by atoms with Gasteiger partial charge < -0.3 is 14.8 Å². The topological polar surface area (TPSA) is 62.5 Å². The SMILES string of the molecule is CCc1ccc(CNc2ccc(C(=O)O)cc2C)o1. The number of nitrogens with one attached hydrogen (secondary N) is 1. The van der Waals surface area contributed by atoms with E-state index in [1.165, 1.54) is 0 Å². The lowest BCUT2D eigenvalue weighted by molar-refractivity contribution is 0.0697. The Bertz CT molecular complexity index is 587. The monoisotopic (exact) mass is 259 g/mol. The summed E-state index contributed by atoms with van der Waals surface area (Å²) in [5.74, 6) is 0.932. The molecular weight excluding hydrogens is 242 g/mol. The molecule has 2 N–H and O–H groups in total. The van der Waals surface area contributed by atoms with E-state index < -0.39 is 5.97 Å². The fraction of sp³-hybridized carbons (Fsp3) is 0.267. The zero-order valence-electron chi connectivity index (χ0n) is 11.1. The van der Waals surface area contributed by atoms with E-state index >= 15 is 0 Å². The van der Waals surface area contributed by atoms with E-state index in [-0.39, 0.29) is 0 Å². The molecule has 0 aliphatic carbocycles. The molecule has 0 aliphatic heterocycles. The molecule has 2 aromatic rings.